The van der Waals surface area contributed by atoms with Gasteiger partial charge in [-0.3, -0.25) is 4.79 Å². The molecule has 0 radical (unpaired) electrons. The molecule has 0 aromatic heterocycles. The topological polar surface area (TPSA) is 17.1 Å². The Labute approximate surface area is 34.7 Å². The number of thiol groups is 1. The molecule has 0 spiro atoms. The van der Waals surface area contributed by atoms with E-state index in [1.165, 1.54) is 6.07 Å². The fourth-order valence-electron chi connectivity index (χ4n) is 0.0881. The second kappa shape index (κ2) is 0.627. The van der Waals surface area contributed by atoms with Crippen LogP contribution in [0, 0.1) is 0 Å². The van der Waals surface area contributed by atoms with Crippen LogP contribution in [-0.2, 0) is 0 Å². The van der Waals surface area contributed by atoms with E-state index in [4.69, 9.17) is 0 Å². The van der Waals surface area contributed by atoms with Crippen LogP contribution in [0.1, 0.15) is 0 Å². The van der Waals surface area contributed by atoms with Gasteiger partial charge in [-0.05, 0) is 0 Å². The summed E-state index contributed by atoms with van der Waals surface area (Å²) in [6.07, 6.45) is 0. The van der Waals surface area contributed by atoms with Crippen molar-refractivity contribution in [2.45, 2.75) is 4.90 Å². The molecule has 26 valence electrons. The first-order valence-electron chi connectivity index (χ1n) is 1.26. The zero-order valence-corrected chi connectivity index (χ0v) is 3.33. The summed E-state index contributed by atoms with van der Waals surface area (Å²) in [6.45, 7) is 0. The third-order valence-corrected chi connectivity index (χ3v) is 0.786. The molecule has 2 heteroatoms. The second-order valence-corrected chi connectivity index (χ2v) is 1.38. The first kappa shape index (κ1) is 2.97. The maximum Gasteiger partial charge on any atom is 0.193 e. The van der Waals surface area contributed by atoms with Gasteiger partial charge in [0, 0.05) is 6.07 Å². The largest absolute Gasteiger partial charge is 0.289 e. The number of hydrogen-bond donors (Lipinski definition) is 1. The molecular weight excluding hydrogens is 84.1 g/mol. The van der Waals surface area contributed by atoms with Crippen molar-refractivity contribution < 1.29 is 0 Å². The Kier molecular flexibility index (Phi) is 0.372. The minimum Gasteiger partial charge on any atom is -0.289 e. The van der Waals surface area contributed by atoms with Crippen LogP contribution in [0.25, 0.3) is 0 Å². The van der Waals surface area contributed by atoms with Gasteiger partial charge in [0.2, 0.25) is 0 Å². The Morgan fingerprint density at radius 1 is 1.80 bits per heavy atom. The van der Waals surface area contributed by atoms with E-state index in [2.05, 4.69) is 12.6 Å². The maximum absolute atomic E-state index is 9.72. The van der Waals surface area contributed by atoms with Gasteiger partial charge in [0.25, 0.3) is 0 Å². The van der Waals surface area contributed by atoms with Crippen LogP contribution in [0.5, 0.6) is 0 Å². The number of hydrogen-bond acceptors (Lipinski definition) is 2. The molecule has 0 unspecified atom stereocenters. The second-order valence-electron chi connectivity index (χ2n) is 0.894. The maximum atomic E-state index is 9.72. The van der Waals surface area contributed by atoms with E-state index in [1.807, 2.05) is 0 Å². The van der Waals surface area contributed by atoms with Crippen molar-refractivity contribution in [3.05, 3.63) is 16.3 Å². The van der Waals surface area contributed by atoms with Gasteiger partial charge in [-0.2, -0.15) is 0 Å². The molecule has 5 heavy (non-hydrogen) atoms. The average molecular weight is 86.1 g/mol. The fourth-order valence-corrected chi connectivity index (χ4v) is 0.205. The Hall–Kier alpha value is -0.240. The smallest absolute Gasteiger partial charge is 0.193 e. The van der Waals surface area contributed by atoms with Crippen LogP contribution in [0.2, 0.25) is 0 Å². The van der Waals surface area contributed by atoms with Crippen LogP contribution < -0.4 is 5.43 Å². The SMILES string of the molecule is O=c1cc1S. The summed E-state index contributed by atoms with van der Waals surface area (Å²) in [4.78, 5) is 10.3. The van der Waals surface area contributed by atoms with E-state index in [0.717, 1.165) is 0 Å². The van der Waals surface area contributed by atoms with E-state index < -0.39 is 0 Å². The first-order valence-corrected chi connectivity index (χ1v) is 1.70. The molecule has 0 amide bonds. The highest BCUT2D eigenvalue weighted by Crippen LogP contribution is 1.97. The van der Waals surface area contributed by atoms with Gasteiger partial charge >= 0.3 is 0 Å². The molecule has 0 saturated heterocycles. The van der Waals surface area contributed by atoms with Gasteiger partial charge in [0.05, 0.1) is 4.90 Å². The van der Waals surface area contributed by atoms with Crippen molar-refractivity contribution in [2.24, 2.45) is 0 Å². The Bertz CT molecular complexity index is 138. The van der Waals surface area contributed by atoms with Crippen molar-refractivity contribution in [3.63, 3.8) is 0 Å². The normalized spacial score (nSPS) is 9.80. The Morgan fingerprint density at radius 3 is 2.00 bits per heavy atom. The molecule has 0 aliphatic rings. The highest BCUT2D eigenvalue weighted by atomic mass is 32.1. The van der Waals surface area contributed by atoms with Crippen LogP contribution in [0.3, 0.4) is 0 Å². The predicted octanol–water partition coefficient (Wildman–Crippen LogP) is 0.211. The molecule has 0 aliphatic heterocycles. The lowest BCUT2D eigenvalue weighted by atomic mass is 11.1. The van der Waals surface area contributed by atoms with Gasteiger partial charge in [-0.15, -0.1) is 12.6 Å². The highest BCUT2D eigenvalue weighted by Gasteiger charge is 1.97. The van der Waals surface area contributed by atoms with Crippen molar-refractivity contribution >= 4 is 12.6 Å². The molecule has 0 heterocycles. The molecule has 1 aromatic carbocycles. The van der Waals surface area contributed by atoms with Gasteiger partial charge in [0.1, 0.15) is 0 Å². The van der Waals surface area contributed by atoms with Gasteiger partial charge in [-0.25, -0.2) is 0 Å². The molecule has 0 bridgehead atoms. The Balaban J connectivity index is 3.15. The molecule has 1 aromatic rings. The molecule has 0 saturated carbocycles. The molecule has 1 rings (SSSR count). The summed E-state index contributed by atoms with van der Waals surface area (Å²) in [6, 6.07) is 1.48. The third kappa shape index (κ3) is 0.351. The van der Waals surface area contributed by atoms with E-state index in [0.29, 0.717) is 4.90 Å². The average Bonchev–Trinajstić information content (AvgIpc) is 1.79. The summed E-state index contributed by atoms with van der Waals surface area (Å²) in [5.74, 6) is 0. The molecule has 0 atom stereocenters. The third-order valence-electron chi connectivity index (χ3n) is 0.437. The van der Waals surface area contributed by atoms with Crippen molar-refractivity contribution in [2.75, 3.05) is 0 Å². The first-order chi connectivity index (χ1) is 2.30. The zero-order valence-electron chi connectivity index (χ0n) is 2.43. The highest BCUT2D eigenvalue weighted by molar-refractivity contribution is 7.80. The summed E-state index contributed by atoms with van der Waals surface area (Å²) in [7, 11) is 0. The summed E-state index contributed by atoms with van der Waals surface area (Å²) >= 11 is 3.68. The fraction of sp³-hybridized carbons (Fsp3) is 0. The van der Waals surface area contributed by atoms with E-state index in [-0.39, 0.29) is 5.43 Å². The van der Waals surface area contributed by atoms with Gasteiger partial charge in [-0.1, -0.05) is 0 Å². The standard InChI is InChI=1S/C3H2OS/c4-2-1-3(2)5/h1,5H. The van der Waals surface area contributed by atoms with Gasteiger partial charge < -0.3 is 0 Å². The van der Waals surface area contributed by atoms with E-state index in [1.54, 1.807) is 0 Å². The van der Waals surface area contributed by atoms with E-state index >= 15 is 0 Å². The van der Waals surface area contributed by atoms with Crippen LogP contribution in [0.4, 0.5) is 0 Å². The lowest BCUT2D eigenvalue weighted by molar-refractivity contribution is 1.79. The summed E-state index contributed by atoms with van der Waals surface area (Å²) < 4.78 is 0. The molecule has 0 fully saturated rings. The van der Waals surface area contributed by atoms with Crippen molar-refractivity contribution in [1.82, 2.24) is 0 Å². The van der Waals surface area contributed by atoms with Crippen LogP contribution in [-0.4, -0.2) is 0 Å². The van der Waals surface area contributed by atoms with E-state index in [9.17, 15) is 4.79 Å². The molecule has 0 aliphatic carbocycles. The summed E-state index contributed by atoms with van der Waals surface area (Å²) in [5.41, 5.74) is 0.0772. The quantitative estimate of drug-likeness (QED) is 0.447. The minimum atomic E-state index is 0.0772. The number of rotatable bonds is 0. The summed E-state index contributed by atoms with van der Waals surface area (Å²) in [5, 5.41) is 0. The Morgan fingerprint density at radius 2 is 2.00 bits per heavy atom. The van der Waals surface area contributed by atoms with Crippen molar-refractivity contribution in [3.8, 4) is 0 Å². The molecule has 1 nitrogen and oxygen atoms in total. The van der Waals surface area contributed by atoms with Crippen molar-refractivity contribution in [1.29, 1.82) is 0 Å². The minimum absolute atomic E-state index is 0.0772. The van der Waals surface area contributed by atoms with Gasteiger partial charge in [0.15, 0.2) is 5.43 Å². The predicted molar refractivity (Wildman–Crippen MR) is 22.3 cm³/mol. The monoisotopic (exact) mass is 86.0 g/mol. The zero-order chi connectivity index (χ0) is 3.86. The van der Waals surface area contributed by atoms with Crippen LogP contribution >= 0.6 is 12.6 Å². The lowest BCUT2D eigenvalue weighted by Crippen LogP contribution is -1.65. The lowest BCUT2D eigenvalue weighted by Gasteiger charge is -1.39. The van der Waals surface area contributed by atoms with Crippen LogP contribution in [0.15, 0.2) is 15.8 Å². The molecule has 0 N–H and O–H groups in total. The molecular formula is C3H2OS.